The summed E-state index contributed by atoms with van der Waals surface area (Å²) in [6.07, 6.45) is 0.283. The van der Waals surface area contributed by atoms with E-state index in [1.54, 1.807) is 0 Å². The number of β-lactam (4-membered cyclic amide) rings is 1. The first-order chi connectivity index (χ1) is 7.66. The molecule has 16 heavy (non-hydrogen) atoms. The van der Waals surface area contributed by atoms with Crippen molar-refractivity contribution >= 4 is 24.4 Å². The van der Waals surface area contributed by atoms with Gasteiger partial charge in [-0.2, -0.15) is 12.6 Å². The van der Waals surface area contributed by atoms with E-state index in [-0.39, 0.29) is 23.6 Å². The van der Waals surface area contributed by atoms with Gasteiger partial charge in [0, 0.05) is 0 Å². The normalized spacial score (nSPS) is 23.2. The number of thiol groups is 1. The molecule has 1 aromatic carbocycles. The molecular formula is C11H12N2O2S. The van der Waals surface area contributed by atoms with Crippen LogP contribution in [0.15, 0.2) is 30.3 Å². The highest BCUT2D eigenvalue weighted by Gasteiger charge is 2.37. The molecule has 4 nitrogen and oxygen atoms in total. The minimum Gasteiger partial charge on any atom is -0.341 e. The lowest BCUT2D eigenvalue weighted by Gasteiger charge is -2.33. The van der Waals surface area contributed by atoms with Crippen LogP contribution in [-0.4, -0.2) is 23.2 Å². The number of carbonyl (C=O) groups excluding carboxylic acids is 2. The third-order valence-electron chi connectivity index (χ3n) is 2.41. The number of rotatable bonds is 3. The summed E-state index contributed by atoms with van der Waals surface area (Å²) < 4.78 is 0. The third kappa shape index (κ3) is 2.36. The second-order valence-electron chi connectivity index (χ2n) is 3.66. The zero-order valence-electron chi connectivity index (χ0n) is 8.51. The molecule has 0 spiro atoms. The monoisotopic (exact) mass is 236 g/mol. The molecule has 1 aromatic rings. The smallest absolute Gasteiger partial charge is 0.246 e. The van der Waals surface area contributed by atoms with Crippen LogP contribution < -0.4 is 10.6 Å². The van der Waals surface area contributed by atoms with E-state index in [0.717, 1.165) is 5.56 Å². The number of benzene rings is 1. The van der Waals surface area contributed by atoms with Gasteiger partial charge in [-0.1, -0.05) is 30.3 Å². The molecule has 2 amide bonds. The molecule has 1 saturated heterocycles. The molecular weight excluding hydrogens is 224 g/mol. The molecule has 1 aliphatic rings. The van der Waals surface area contributed by atoms with Gasteiger partial charge in [-0.05, 0) is 5.56 Å². The lowest BCUT2D eigenvalue weighted by Crippen LogP contribution is -2.67. The van der Waals surface area contributed by atoms with E-state index in [1.807, 2.05) is 30.3 Å². The lowest BCUT2D eigenvalue weighted by atomic mass is 10.1. The molecule has 0 aliphatic carbocycles. The summed E-state index contributed by atoms with van der Waals surface area (Å²) in [6.45, 7) is 0. The zero-order chi connectivity index (χ0) is 11.5. The Morgan fingerprint density at radius 1 is 1.38 bits per heavy atom. The first-order valence-corrected chi connectivity index (χ1v) is 5.50. The van der Waals surface area contributed by atoms with Gasteiger partial charge in [0.15, 0.2) is 0 Å². The van der Waals surface area contributed by atoms with E-state index < -0.39 is 6.04 Å². The van der Waals surface area contributed by atoms with Crippen LogP contribution in [0.5, 0.6) is 0 Å². The van der Waals surface area contributed by atoms with Gasteiger partial charge in [-0.3, -0.25) is 9.59 Å². The Morgan fingerprint density at radius 2 is 2.06 bits per heavy atom. The molecule has 2 atom stereocenters. The minimum atomic E-state index is -0.500. The van der Waals surface area contributed by atoms with Crippen LogP contribution >= 0.6 is 12.6 Å². The standard InChI is InChI=1S/C11H12N2O2S/c14-8(6-7-4-2-1-3-5-7)12-9-10(15)13-11(9)16/h1-5,9,11,16H,6H2,(H,12,14)(H,13,15)/t9-,11-/m0/s1. The second-order valence-corrected chi connectivity index (χ2v) is 4.22. The van der Waals surface area contributed by atoms with Gasteiger partial charge in [0.2, 0.25) is 11.8 Å². The summed E-state index contributed by atoms with van der Waals surface area (Å²) in [6, 6.07) is 8.89. The van der Waals surface area contributed by atoms with Gasteiger partial charge >= 0.3 is 0 Å². The van der Waals surface area contributed by atoms with E-state index in [0.29, 0.717) is 0 Å². The van der Waals surface area contributed by atoms with Crippen molar-refractivity contribution in [2.24, 2.45) is 0 Å². The summed E-state index contributed by atoms with van der Waals surface area (Å²) in [4.78, 5) is 22.6. The van der Waals surface area contributed by atoms with Crippen molar-refractivity contribution in [1.82, 2.24) is 10.6 Å². The highest BCUT2D eigenvalue weighted by Crippen LogP contribution is 2.10. The van der Waals surface area contributed by atoms with Crippen LogP contribution in [0.3, 0.4) is 0 Å². The molecule has 0 saturated carbocycles. The molecule has 1 fully saturated rings. The highest BCUT2D eigenvalue weighted by atomic mass is 32.1. The van der Waals surface area contributed by atoms with Gasteiger partial charge in [-0.25, -0.2) is 0 Å². The van der Waals surface area contributed by atoms with Gasteiger partial charge in [0.05, 0.1) is 6.42 Å². The molecule has 84 valence electrons. The van der Waals surface area contributed by atoms with Gasteiger partial charge in [0.25, 0.3) is 0 Å². The first kappa shape index (κ1) is 11.0. The van der Waals surface area contributed by atoms with E-state index in [4.69, 9.17) is 0 Å². The number of amides is 2. The predicted molar refractivity (Wildman–Crippen MR) is 63.0 cm³/mol. The predicted octanol–water partition coefficient (Wildman–Crippen LogP) is 0.0996. The average molecular weight is 236 g/mol. The Balaban J connectivity index is 1.87. The highest BCUT2D eigenvalue weighted by molar-refractivity contribution is 7.81. The number of nitrogens with one attached hydrogen (secondary N) is 2. The van der Waals surface area contributed by atoms with Gasteiger partial charge < -0.3 is 10.6 Å². The van der Waals surface area contributed by atoms with E-state index >= 15 is 0 Å². The summed E-state index contributed by atoms with van der Waals surface area (Å²) in [7, 11) is 0. The number of hydrogen-bond acceptors (Lipinski definition) is 3. The molecule has 2 N–H and O–H groups in total. The van der Waals surface area contributed by atoms with Gasteiger partial charge in [-0.15, -0.1) is 0 Å². The topological polar surface area (TPSA) is 58.2 Å². The van der Waals surface area contributed by atoms with E-state index in [1.165, 1.54) is 0 Å². The van der Waals surface area contributed by atoms with E-state index in [2.05, 4.69) is 23.3 Å². The summed E-state index contributed by atoms with van der Waals surface area (Å²) in [5.41, 5.74) is 0.926. The Labute approximate surface area is 98.8 Å². The molecule has 1 heterocycles. The van der Waals surface area contributed by atoms with E-state index in [9.17, 15) is 9.59 Å². The molecule has 0 unspecified atom stereocenters. The Kier molecular flexibility index (Phi) is 3.14. The fraction of sp³-hybridized carbons (Fsp3) is 0.273. The average Bonchev–Trinajstić information content (AvgIpc) is 2.28. The SMILES string of the molecule is O=C(Cc1ccccc1)N[C@H]1C(=O)N[C@H]1S. The molecule has 0 radical (unpaired) electrons. The van der Waals surface area contributed by atoms with Crippen molar-refractivity contribution in [2.75, 3.05) is 0 Å². The summed E-state index contributed by atoms with van der Waals surface area (Å²) in [5, 5.41) is 4.90. The molecule has 0 bridgehead atoms. The number of carbonyl (C=O) groups is 2. The van der Waals surface area contributed by atoms with Crippen molar-refractivity contribution in [1.29, 1.82) is 0 Å². The Morgan fingerprint density at radius 3 is 2.62 bits per heavy atom. The zero-order valence-corrected chi connectivity index (χ0v) is 9.41. The maximum absolute atomic E-state index is 11.6. The lowest BCUT2D eigenvalue weighted by molar-refractivity contribution is -0.133. The molecule has 2 rings (SSSR count). The maximum atomic E-state index is 11.6. The second kappa shape index (κ2) is 4.57. The molecule has 5 heteroatoms. The van der Waals surface area contributed by atoms with Crippen LogP contribution in [0.4, 0.5) is 0 Å². The minimum absolute atomic E-state index is 0.162. The van der Waals surface area contributed by atoms with Crippen LogP contribution in [0.25, 0.3) is 0 Å². The van der Waals surface area contributed by atoms with Crippen molar-refractivity contribution < 1.29 is 9.59 Å². The van der Waals surface area contributed by atoms with Crippen LogP contribution in [0.2, 0.25) is 0 Å². The Hall–Kier alpha value is -1.49. The van der Waals surface area contributed by atoms with Crippen molar-refractivity contribution in [3.8, 4) is 0 Å². The third-order valence-corrected chi connectivity index (χ3v) is 2.84. The van der Waals surface area contributed by atoms with Crippen LogP contribution in [-0.2, 0) is 16.0 Å². The molecule has 1 aliphatic heterocycles. The Bertz CT molecular complexity index is 408. The van der Waals surface area contributed by atoms with Crippen molar-refractivity contribution in [3.63, 3.8) is 0 Å². The first-order valence-electron chi connectivity index (χ1n) is 4.98. The fourth-order valence-electron chi connectivity index (χ4n) is 1.52. The van der Waals surface area contributed by atoms with Gasteiger partial charge in [0.1, 0.15) is 11.4 Å². The summed E-state index contributed by atoms with van der Waals surface area (Å²) in [5.74, 6) is -0.341. The van der Waals surface area contributed by atoms with Crippen LogP contribution in [0, 0.1) is 0 Å². The van der Waals surface area contributed by atoms with Crippen molar-refractivity contribution in [2.45, 2.75) is 17.8 Å². The fourth-order valence-corrected chi connectivity index (χ4v) is 1.85. The summed E-state index contributed by atoms with van der Waals surface area (Å²) >= 11 is 4.09. The molecule has 0 aromatic heterocycles. The van der Waals surface area contributed by atoms with Crippen LogP contribution in [0.1, 0.15) is 5.56 Å². The van der Waals surface area contributed by atoms with Crippen molar-refractivity contribution in [3.05, 3.63) is 35.9 Å². The largest absolute Gasteiger partial charge is 0.341 e. The maximum Gasteiger partial charge on any atom is 0.246 e. The quantitative estimate of drug-likeness (QED) is 0.515. The number of hydrogen-bond donors (Lipinski definition) is 3.